The van der Waals surface area contributed by atoms with E-state index in [0.29, 0.717) is 13.1 Å². The fourth-order valence-electron chi connectivity index (χ4n) is 2.37. The van der Waals surface area contributed by atoms with Crippen molar-refractivity contribution in [1.29, 1.82) is 0 Å². The molecule has 0 spiro atoms. The Morgan fingerprint density at radius 2 is 2.00 bits per heavy atom. The summed E-state index contributed by atoms with van der Waals surface area (Å²) in [6.45, 7) is 6.73. The molecule has 2 rings (SSSR count). The van der Waals surface area contributed by atoms with E-state index in [0.717, 1.165) is 18.4 Å². The number of carbonyl (C=O) groups is 1. The molecule has 0 aliphatic carbocycles. The smallest absolute Gasteiger partial charge is 0.410 e. The van der Waals surface area contributed by atoms with Crippen molar-refractivity contribution in [3.8, 4) is 0 Å². The zero-order valence-electron chi connectivity index (χ0n) is 12.7. The summed E-state index contributed by atoms with van der Waals surface area (Å²) in [5.74, 6) is -0.284. The summed E-state index contributed by atoms with van der Waals surface area (Å²) in [6, 6.07) is 6.92. The summed E-state index contributed by atoms with van der Waals surface area (Å²) in [5.41, 5.74) is 5.68. The molecular weight excluding hydrogens is 271 g/mol. The van der Waals surface area contributed by atoms with E-state index in [-0.39, 0.29) is 17.7 Å². The predicted octanol–water partition coefficient (Wildman–Crippen LogP) is 3.12. The Labute approximate surface area is 125 Å². The first-order chi connectivity index (χ1) is 9.76. The fourth-order valence-corrected chi connectivity index (χ4v) is 2.37. The van der Waals surface area contributed by atoms with E-state index in [2.05, 4.69) is 12.1 Å². The molecule has 4 nitrogen and oxygen atoms in total. The summed E-state index contributed by atoms with van der Waals surface area (Å²) < 4.78 is 18.8. The highest BCUT2D eigenvalue weighted by molar-refractivity contribution is 5.68. The first kappa shape index (κ1) is 15.4. The van der Waals surface area contributed by atoms with Gasteiger partial charge in [-0.15, -0.1) is 0 Å². The van der Waals surface area contributed by atoms with E-state index in [1.165, 1.54) is 6.07 Å². The number of nitrogens with zero attached hydrogens (tertiary/aromatic N) is 1. The molecule has 114 valence electrons. The topological polar surface area (TPSA) is 55.6 Å². The molecule has 21 heavy (non-hydrogen) atoms. The lowest BCUT2D eigenvalue weighted by Crippen LogP contribution is -2.41. The second-order valence-corrected chi connectivity index (χ2v) is 6.35. The van der Waals surface area contributed by atoms with Gasteiger partial charge in [-0.2, -0.15) is 0 Å². The maximum absolute atomic E-state index is 13.5. The van der Waals surface area contributed by atoms with Gasteiger partial charge in [0.2, 0.25) is 0 Å². The molecule has 1 amide bonds. The van der Waals surface area contributed by atoms with Crippen molar-refractivity contribution in [3.63, 3.8) is 0 Å². The van der Waals surface area contributed by atoms with Gasteiger partial charge in [-0.1, -0.05) is 6.07 Å². The third kappa shape index (κ3) is 4.01. The largest absolute Gasteiger partial charge is 0.444 e. The van der Waals surface area contributed by atoms with E-state index >= 15 is 0 Å². The number of rotatable bonds is 1. The third-order valence-electron chi connectivity index (χ3n) is 3.47. The van der Waals surface area contributed by atoms with Gasteiger partial charge in [0.1, 0.15) is 11.3 Å². The normalized spacial score (nSPS) is 16.5. The lowest BCUT2D eigenvalue weighted by molar-refractivity contribution is 0.0205. The predicted molar refractivity (Wildman–Crippen MR) is 78.3 cm³/mol. The summed E-state index contributed by atoms with van der Waals surface area (Å²) in [7, 11) is 0. The molecule has 2 N–H and O–H groups in total. The van der Waals surface area contributed by atoms with Crippen molar-refractivity contribution in [1.82, 2.24) is 4.90 Å². The van der Waals surface area contributed by atoms with Crippen LogP contribution >= 0.6 is 0 Å². The van der Waals surface area contributed by atoms with E-state index in [1.807, 2.05) is 20.8 Å². The van der Waals surface area contributed by atoms with Crippen LogP contribution in [0.15, 0.2) is 6.07 Å². The molecule has 5 heteroatoms. The second-order valence-electron chi connectivity index (χ2n) is 6.35. The number of carbonyl (C=O) groups excluding carboxylic acids is 1. The van der Waals surface area contributed by atoms with Gasteiger partial charge in [-0.05, 0) is 51.7 Å². The molecule has 0 unspecified atom stereocenters. The van der Waals surface area contributed by atoms with Gasteiger partial charge in [0, 0.05) is 18.7 Å². The van der Waals surface area contributed by atoms with Gasteiger partial charge in [0.25, 0.3) is 0 Å². The number of anilines is 1. The van der Waals surface area contributed by atoms with Gasteiger partial charge in [0.05, 0.1) is 0 Å². The number of hydrogen-bond donors (Lipinski definition) is 1. The van der Waals surface area contributed by atoms with E-state index in [4.69, 9.17) is 10.5 Å². The minimum Gasteiger partial charge on any atom is -0.444 e. The van der Waals surface area contributed by atoms with Gasteiger partial charge in [0.15, 0.2) is 5.82 Å². The van der Waals surface area contributed by atoms with Crippen LogP contribution in [-0.4, -0.2) is 29.7 Å². The van der Waals surface area contributed by atoms with E-state index < -0.39 is 11.4 Å². The Morgan fingerprint density at radius 1 is 1.38 bits per heavy atom. The number of nitrogen functional groups attached to an aromatic ring is 1. The standard InChI is InChI=1S/C16H21FN2O2/c1-16(2,3)21-15(20)19-8-6-11(7-9-19)12-4-5-14(18)13(17)10-12/h10-11H,6-9,18H2,1-3H3. The molecule has 0 aromatic heterocycles. The molecule has 0 atom stereocenters. The Kier molecular flexibility index (Phi) is 4.26. The van der Waals surface area contributed by atoms with Crippen LogP contribution in [0.2, 0.25) is 0 Å². The molecule has 1 aromatic rings. The molecular formula is C16H21FN2O2. The molecule has 1 heterocycles. The molecule has 1 saturated heterocycles. The Hall–Kier alpha value is -1.96. The van der Waals surface area contributed by atoms with Crippen LogP contribution in [0.4, 0.5) is 14.9 Å². The summed E-state index contributed by atoms with van der Waals surface area (Å²) in [4.78, 5) is 13.7. The fraction of sp³-hybridized carbons (Fsp3) is 0.562. The van der Waals surface area contributed by atoms with Gasteiger partial charge in [-0.3, -0.25) is 0 Å². The maximum Gasteiger partial charge on any atom is 0.410 e. The summed E-state index contributed by atoms with van der Waals surface area (Å²) in [5, 5.41) is 0. The van der Waals surface area contributed by atoms with Crippen LogP contribution in [0.1, 0.15) is 45.1 Å². The number of amides is 1. The molecule has 0 radical (unpaired) electrons. The first-order valence-corrected chi connectivity index (χ1v) is 7.13. The average Bonchev–Trinajstić information content (AvgIpc) is 2.40. The Morgan fingerprint density at radius 3 is 2.52 bits per heavy atom. The number of nitrogens with two attached hydrogens (primary N) is 1. The number of piperidine rings is 1. The lowest BCUT2D eigenvalue weighted by atomic mass is 9.90. The summed E-state index contributed by atoms with van der Waals surface area (Å²) in [6.07, 6.45) is 1.22. The number of hydrogen-bond acceptors (Lipinski definition) is 3. The highest BCUT2D eigenvalue weighted by Gasteiger charge is 2.27. The first-order valence-electron chi connectivity index (χ1n) is 7.13. The van der Waals surface area contributed by atoms with Crippen molar-refractivity contribution >= 4 is 11.8 Å². The average molecular weight is 292 g/mol. The zero-order chi connectivity index (χ0) is 15.6. The number of likely N-dealkylation sites (tertiary alicyclic amines) is 1. The quantitative estimate of drug-likeness (QED) is 0.865. The molecule has 1 aromatic carbocycles. The van der Waals surface area contributed by atoms with Crippen LogP contribution in [0.25, 0.3) is 0 Å². The minimum atomic E-state index is -0.489. The van der Waals surface area contributed by atoms with Gasteiger partial charge < -0.3 is 15.4 Å². The molecule has 1 aliphatic heterocycles. The minimum absolute atomic E-state index is 0.00931. The van der Waals surface area contributed by atoms with Crippen LogP contribution in [0, 0.1) is 17.9 Å². The van der Waals surface area contributed by atoms with E-state index in [9.17, 15) is 9.18 Å². The number of halogens is 1. The van der Waals surface area contributed by atoms with Crippen molar-refractivity contribution in [2.75, 3.05) is 18.8 Å². The van der Waals surface area contributed by atoms with Gasteiger partial charge in [-0.25, -0.2) is 9.18 Å². The second kappa shape index (κ2) is 5.80. The van der Waals surface area contributed by atoms with Gasteiger partial charge >= 0.3 is 6.09 Å². The highest BCUT2D eigenvalue weighted by Crippen LogP contribution is 2.28. The highest BCUT2D eigenvalue weighted by atomic mass is 19.1. The van der Waals surface area contributed by atoms with Crippen molar-refractivity contribution in [2.24, 2.45) is 0 Å². The third-order valence-corrected chi connectivity index (χ3v) is 3.47. The lowest BCUT2D eigenvalue weighted by Gasteiger charge is -2.33. The van der Waals surface area contributed by atoms with Crippen molar-refractivity contribution in [3.05, 3.63) is 29.6 Å². The van der Waals surface area contributed by atoms with Crippen LogP contribution < -0.4 is 5.73 Å². The number of ether oxygens (including phenoxy) is 1. The Balaban J connectivity index is 1.94. The van der Waals surface area contributed by atoms with Crippen molar-refractivity contribution < 1.29 is 13.9 Å². The van der Waals surface area contributed by atoms with Crippen LogP contribution in [0.3, 0.4) is 0 Å². The zero-order valence-corrected chi connectivity index (χ0v) is 12.7. The molecule has 0 saturated carbocycles. The SMILES string of the molecule is CC(C)(C)OC(=O)N1CCC(c2c#cc(N)c(F)c2)CC1. The summed E-state index contributed by atoms with van der Waals surface area (Å²) >= 11 is 0. The van der Waals surface area contributed by atoms with Crippen LogP contribution in [0.5, 0.6) is 0 Å². The molecule has 0 bridgehead atoms. The molecule has 1 fully saturated rings. The van der Waals surface area contributed by atoms with E-state index in [1.54, 1.807) is 4.90 Å². The maximum atomic E-state index is 13.5. The Bertz CT molecular complexity index is 517. The monoisotopic (exact) mass is 292 g/mol. The molecule has 1 aliphatic rings. The van der Waals surface area contributed by atoms with Crippen molar-refractivity contribution in [2.45, 2.75) is 45.1 Å². The van der Waals surface area contributed by atoms with Crippen LogP contribution in [-0.2, 0) is 4.74 Å².